The minimum Gasteiger partial charge on any atom is -0.407 e. The third-order valence-electron chi connectivity index (χ3n) is 5.14. The number of carbonyl (C=O) groups excluding carboxylic acids is 1. The van der Waals surface area contributed by atoms with E-state index in [1.807, 2.05) is 6.07 Å². The zero-order chi connectivity index (χ0) is 21.7. The Morgan fingerprint density at radius 3 is 2.63 bits per heavy atom. The molecule has 1 saturated heterocycles. The number of benzene rings is 2. The molecule has 2 aromatic rings. The Hall–Kier alpha value is -2.27. The molecule has 2 aromatic carbocycles. The van der Waals surface area contributed by atoms with Crippen LogP contribution in [0.15, 0.2) is 41.3 Å². The molecule has 5 nitrogen and oxygen atoms in total. The molecule has 0 aromatic heterocycles. The van der Waals surface area contributed by atoms with Gasteiger partial charge in [0.2, 0.25) is 5.91 Å². The molecular formula is C23H27BN2O3S. The lowest BCUT2D eigenvalue weighted by Gasteiger charge is -2.33. The van der Waals surface area contributed by atoms with E-state index < -0.39 is 0 Å². The van der Waals surface area contributed by atoms with Crippen LogP contribution in [0.4, 0.5) is 5.69 Å². The molecule has 1 aliphatic rings. The van der Waals surface area contributed by atoms with Crippen LogP contribution in [0, 0.1) is 23.7 Å². The predicted octanol–water partition coefficient (Wildman–Crippen LogP) is 3.89. The molecule has 0 aliphatic carbocycles. The number of nitriles is 1. The van der Waals surface area contributed by atoms with Crippen molar-refractivity contribution in [3.8, 4) is 6.07 Å². The normalized spacial score (nSPS) is 15.5. The zero-order valence-electron chi connectivity index (χ0n) is 17.7. The van der Waals surface area contributed by atoms with Gasteiger partial charge in [-0.2, -0.15) is 5.26 Å². The lowest BCUT2D eigenvalue weighted by Crippen LogP contribution is -2.47. The fraction of sp³-hybridized carbons (Fsp3) is 0.391. The standard InChI is InChI=1S/C23H27BN2O3S/c1-16-11-19(24-28-14-23(2,3)15-29-24)8-7-17(16)5-4-6-22(27)26-20-9-10-21(30)18(12-20)13-25/h7-12,30H,4-6,14-15H2,1-3H3,(H,26,27). The summed E-state index contributed by atoms with van der Waals surface area (Å²) in [7, 11) is -0.307. The summed E-state index contributed by atoms with van der Waals surface area (Å²) in [5, 5.41) is 11.9. The third kappa shape index (κ3) is 5.88. The summed E-state index contributed by atoms with van der Waals surface area (Å²) in [6, 6.07) is 13.4. The van der Waals surface area contributed by atoms with E-state index in [1.165, 1.54) is 11.1 Å². The summed E-state index contributed by atoms with van der Waals surface area (Å²) in [6.07, 6.45) is 1.97. The van der Waals surface area contributed by atoms with Crippen LogP contribution in [-0.2, 0) is 20.5 Å². The van der Waals surface area contributed by atoms with E-state index in [4.69, 9.17) is 14.6 Å². The van der Waals surface area contributed by atoms with E-state index >= 15 is 0 Å². The van der Waals surface area contributed by atoms with E-state index in [9.17, 15) is 4.79 Å². The van der Waals surface area contributed by atoms with Gasteiger partial charge in [0.15, 0.2) is 0 Å². The summed E-state index contributed by atoms with van der Waals surface area (Å²) in [5.74, 6) is -0.0632. The van der Waals surface area contributed by atoms with E-state index in [0.29, 0.717) is 35.8 Å². The Bertz CT molecular complexity index is 961. The van der Waals surface area contributed by atoms with Gasteiger partial charge in [0.25, 0.3) is 0 Å². The zero-order valence-corrected chi connectivity index (χ0v) is 18.6. The highest BCUT2D eigenvalue weighted by atomic mass is 32.1. The molecule has 0 saturated carbocycles. The van der Waals surface area contributed by atoms with Gasteiger partial charge >= 0.3 is 7.12 Å². The van der Waals surface area contributed by atoms with Crippen molar-refractivity contribution in [2.24, 2.45) is 5.41 Å². The summed E-state index contributed by atoms with van der Waals surface area (Å²) in [6.45, 7) is 7.70. The minimum absolute atomic E-state index is 0.0526. The van der Waals surface area contributed by atoms with Gasteiger partial charge in [0.1, 0.15) is 6.07 Å². The van der Waals surface area contributed by atoms with Crippen molar-refractivity contribution in [3.05, 3.63) is 53.1 Å². The molecule has 1 N–H and O–H groups in total. The first kappa shape index (κ1) is 22.4. The summed E-state index contributed by atoms with van der Waals surface area (Å²) < 4.78 is 11.7. The molecule has 0 spiro atoms. The molecule has 1 heterocycles. The second-order valence-corrected chi connectivity index (χ2v) is 9.03. The van der Waals surface area contributed by atoms with Gasteiger partial charge in [-0.25, -0.2) is 0 Å². The number of anilines is 1. The quantitative estimate of drug-likeness (QED) is 0.548. The number of amides is 1. The summed E-state index contributed by atoms with van der Waals surface area (Å²) in [4.78, 5) is 12.8. The highest BCUT2D eigenvalue weighted by molar-refractivity contribution is 7.80. The number of aryl methyl sites for hydroxylation is 2. The van der Waals surface area contributed by atoms with Crippen molar-refractivity contribution in [2.45, 2.75) is 44.9 Å². The van der Waals surface area contributed by atoms with Crippen LogP contribution in [0.1, 0.15) is 43.4 Å². The number of hydrogen-bond acceptors (Lipinski definition) is 5. The topological polar surface area (TPSA) is 71.3 Å². The smallest absolute Gasteiger partial charge is 0.407 e. The van der Waals surface area contributed by atoms with Crippen LogP contribution in [0.5, 0.6) is 0 Å². The van der Waals surface area contributed by atoms with E-state index in [-0.39, 0.29) is 18.4 Å². The van der Waals surface area contributed by atoms with Crippen LogP contribution in [0.25, 0.3) is 0 Å². The van der Waals surface area contributed by atoms with Crippen molar-refractivity contribution in [3.63, 3.8) is 0 Å². The lowest BCUT2D eigenvalue weighted by molar-refractivity contribution is -0.116. The number of carbonyl (C=O) groups is 1. The van der Waals surface area contributed by atoms with Gasteiger partial charge in [0, 0.05) is 35.6 Å². The minimum atomic E-state index is -0.307. The maximum absolute atomic E-state index is 12.2. The second-order valence-electron chi connectivity index (χ2n) is 8.55. The van der Waals surface area contributed by atoms with Gasteiger partial charge < -0.3 is 14.6 Å². The summed E-state index contributed by atoms with van der Waals surface area (Å²) in [5.41, 5.74) is 4.54. The summed E-state index contributed by atoms with van der Waals surface area (Å²) >= 11 is 4.22. The van der Waals surface area contributed by atoms with E-state index in [0.717, 1.165) is 18.3 Å². The van der Waals surface area contributed by atoms with Gasteiger partial charge in [-0.05, 0) is 54.6 Å². The number of rotatable bonds is 6. The Balaban J connectivity index is 1.50. The molecule has 0 bridgehead atoms. The fourth-order valence-corrected chi connectivity index (χ4v) is 3.59. The fourth-order valence-electron chi connectivity index (χ4n) is 3.40. The van der Waals surface area contributed by atoms with Crippen LogP contribution >= 0.6 is 12.6 Å². The highest BCUT2D eigenvalue weighted by Crippen LogP contribution is 2.22. The molecule has 30 heavy (non-hydrogen) atoms. The first-order valence-electron chi connectivity index (χ1n) is 10.1. The van der Waals surface area contributed by atoms with Crippen LogP contribution < -0.4 is 10.8 Å². The van der Waals surface area contributed by atoms with Crippen molar-refractivity contribution in [2.75, 3.05) is 18.5 Å². The molecule has 156 valence electrons. The maximum atomic E-state index is 12.2. The average molecular weight is 422 g/mol. The van der Waals surface area contributed by atoms with Crippen molar-refractivity contribution >= 4 is 36.8 Å². The number of thiol groups is 1. The molecule has 0 radical (unpaired) electrons. The van der Waals surface area contributed by atoms with E-state index in [1.54, 1.807) is 18.2 Å². The van der Waals surface area contributed by atoms with Gasteiger partial charge in [-0.3, -0.25) is 4.79 Å². The van der Waals surface area contributed by atoms with Crippen molar-refractivity contribution in [1.29, 1.82) is 5.26 Å². The number of nitrogens with zero attached hydrogens (tertiary/aromatic N) is 1. The molecule has 0 unspecified atom stereocenters. The molecule has 7 heteroatoms. The van der Waals surface area contributed by atoms with Crippen molar-refractivity contribution < 1.29 is 14.1 Å². The monoisotopic (exact) mass is 422 g/mol. The average Bonchev–Trinajstić information content (AvgIpc) is 2.70. The maximum Gasteiger partial charge on any atom is 0.493 e. The van der Waals surface area contributed by atoms with Gasteiger partial charge in [-0.1, -0.05) is 32.0 Å². The Morgan fingerprint density at radius 1 is 1.23 bits per heavy atom. The molecule has 3 rings (SSSR count). The molecular weight excluding hydrogens is 395 g/mol. The number of nitrogens with one attached hydrogen (secondary N) is 1. The highest BCUT2D eigenvalue weighted by Gasteiger charge is 2.33. The molecule has 1 fully saturated rings. The Morgan fingerprint density at radius 2 is 1.97 bits per heavy atom. The molecule has 0 atom stereocenters. The Labute approximate surface area is 184 Å². The van der Waals surface area contributed by atoms with Crippen LogP contribution in [0.2, 0.25) is 0 Å². The van der Waals surface area contributed by atoms with Gasteiger partial charge in [0.05, 0.1) is 5.56 Å². The molecule has 1 amide bonds. The SMILES string of the molecule is Cc1cc(B2OCC(C)(C)CO2)ccc1CCCC(=O)Nc1ccc(S)c(C#N)c1. The number of hydrogen-bond donors (Lipinski definition) is 2. The van der Waals surface area contributed by atoms with Crippen LogP contribution in [-0.4, -0.2) is 26.2 Å². The second kappa shape index (κ2) is 9.70. The lowest BCUT2D eigenvalue weighted by atomic mass is 9.75. The van der Waals surface area contributed by atoms with Crippen LogP contribution in [0.3, 0.4) is 0 Å². The predicted molar refractivity (Wildman–Crippen MR) is 122 cm³/mol. The largest absolute Gasteiger partial charge is 0.493 e. The van der Waals surface area contributed by atoms with Crippen molar-refractivity contribution in [1.82, 2.24) is 0 Å². The first-order valence-corrected chi connectivity index (χ1v) is 10.6. The van der Waals surface area contributed by atoms with Gasteiger partial charge in [-0.15, -0.1) is 12.6 Å². The molecule has 1 aliphatic heterocycles. The van der Waals surface area contributed by atoms with E-state index in [2.05, 4.69) is 56.9 Å². The first-order chi connectivity index (χ1) is 14.3. The Kier molecular flexibility index (Phi) is 7.25. The third-order valence-corrected chi connectivity index (χ3v) is 5.53.